The van der Waals surface area contributed by atoms with E-state index in [1.807, 2.05) is 53.4 Å². The predicted molar refractivity (Wildman–Crippen MR) is 135 cm³/mol. The van der Waals surface area contributed by atoms with E-state index in [4.69, 9.17) is 11.6 Å². The molecule has 2 saturated heterocycles. The van der Waals surface area contributed by atoms with E-state index >= 15 is 0 Å². The fourth-order valence-corrected chi connectivity index (χ4v) is 5.48. The molecule has 2 fully saturated rings. The summed E-state index contributed by atoms with van der Waals surface area (Å²) >= 11 is 7.60. The molecule has 0 aliphatic carbocycles. The SMILES string of the molecule is CN1CCN(CCCNC(=O)c2ccc([C@H]3SCC(=O)N3Cc3ccc(Cl)cc3)cc2)CC1. The average Bonchev–Trinajstić information content (AvgIpc) is 3.19. The fourth-order valence-electron chi connectivity index (χ4n) is 4.16. The largest absolute Gasteiger partial charge is 0.352 e. The van der Waals surface area contributed by atoms with Gasteiger partial charge in [-0.25, -0.2) is 0 Å². The summed E-state index contributed by atoms with van der Waals surface area (Å²) in [4.78, 5) is 31.7. The fraction of sp³-hybridized carbons (Fsp3) is 0.440. The molecule has 2 aromatic carbocycles. The van der Waals surface area contributed by atoms with E-state index in [-0.39, 0.29) is 17.2 Å². The zero-order valence-corrected chi connectivity index (χ0v) is 20.6. The lowest BCUT2D eigenvalue weighted by Crippen LogP contribution is -2.45. The highest BCUT2D eigenvalue weighted by molar-refractivity contribution is 8.00. The normalized spacial score (nSPS) is 19.8. The zero-order chi connectivity index (χ0) is 23.2. The molecule has 2 amide bonds. The topological polar surface area (TPSA) is 55.9 Å². The lowest BCUT2D eigenvalue weighted by Gasteiger charge is -2.32. The molecule has 1 atom stereocenters. The van der Waals surface area contributed by atoms with Gasteiger partial charge in [0.15, 0.2) is 0 Å². The first-order valence-corrected chi connectivity index (χ1v) is 12.9. The monoisotopic (exact) mass is 486 g/mol. The van der Waals surface area contributed by atoms with Crippen LogP contribution in [0.4, 0.5) is 0 Å². The van der Waals surface area contributed by atoms with Crippen LogP contribution in [0.25, 0.3) is 0 Å². The molecule has 4 rings (SSSR count). The van der Waals surface area contributed by atoms with Crippen molar-refractivity contribution in [3.63, 3.8) is 0 Å². The molecular weight excluding hydrogens is 456 g/mol. The minimum atomic E-state index is -0.0481. The quantitative estimate of drug-likeness (QED) is 0.579. The van der Waals surface area contributed by atoms with E-state index in [0.717, 1.165) is 50.3 Å². The van der Waals surface area contributed by atoms with Crippen molar-refractivity contribution in [1.82, 2.24) is 20.0 Å². The van der Waals surface area contributed by atoms with Crippen LogP contribution in [-0.4, -0.2) is 78.6 Å². The van der Waals surface area contributed by atoms with Crippen molar-refractivity contribution >= 4 is 35.2 Å². The number of halogens is 1. The molecule has 2 heterocycles. The van der Waals surface area contributed by atoms with E-state index in [9.17, 15) is 9.59 Å². The number of carbonyl (C=O) groups excluding carboxylic acids is 2. The minimum Gasteiger partial charge on any atom is -0.352 e. The number of nitrogens with zero attached hydrogens (tertiary/aromatic N) is 3. The summed E-state index contributed by atoms with van der Waals surface area (Å²) in [5.74, 6) is 0.545. The van der Waals surface area contributed by atoms with Gasteiger partial charge in [0.05, 0.1) is 5.75 Å². The van der Waals surface area contributed by atoms with E-state index < -0.39 is 0 Å². The minimum absolute atomic E-state index is 0.0473. The number of hydrogen-bond donors (Lipinski definition) is 1. The van der Waals surface area contributed by atoms with Crippen LogP contribution in [0.1, 0.15) is 33.3 Å². The summed E-state index contributed by atoms with van der Waals surface area (Å²) in [5.41, 5.74) is 2.73. The standard InChI is InChI=1S/C25H31ClN4O2S/c1-28-13-15-29(16-14-28)12-2-11-27-24(32)20-5-7-21(8-6-20)25-30(23(31)18-33-25)17-19-3-9-22(26)10-4-19/h3-10,25H,2,11-18H2,1H3,(H,27,32)/t25-/m1/s1. The Bertz CT molecular complexity index is 946. The molecule has 8 heteroatoms. The third-order valence-electron chi connectivity index (χ3n) is 6.22. The lowest BCUT2D eigenvalue weighted by atomic mass is 10.1. The molecule has 2 aliphatic heterocycles. The Hall–Kier alpha value is -2.06. The Kier molecular flexibility index (Phi) is 8.30. The van der Waals surface area contributed by atoms with Gasteiger partial charge in [0.1, 0.15) is 5.37 Å². The first-order valence-electron chi connectivity index (χ1n) is 11.4. The second kappa shape index (κ2) is 11.4. The Morgan fingerprint density at radius 3 is 2.45 bits per heavy atom. The maximum Gasteiger partial charge on any atom is 0.251 e. The van der Waals surface area contributed by atoms with Crippen LogP contribution in [0.5, 0.6) is 0 Å². The van der Waals surface area contributed by atoms with Crippen LogP contribution >= 0.6 is 23.4 Å². The predicted octanol–water partition coefficient (Wildman–Crippen LogP) is 3.48. The van der Waals surface area contributed by atoms with Crippen molar-refractivity contribution in [2.45, 2.75) is 18.3 Å². The Labute approximate surface area is 205 Å². The van der Waals surface area contributed by atoms with E-state index in [1.165, 1.54) is 0 Å². The van der Waals surface area contributed by atoms with E-state index in [2.05, 4.69) is 22.2 Å². The zero-order valence-electron chi connectivity index (χ0n) is 19.0. The van der Waals surface area contributed by atoms with Crippen molar-refractivity contribution in [1.29, 1.82) is 0 Å². The molecule has 6 nitrogen and oxygen atoms in total. The van der Waals surface area contributed by atoms with Gasteiger partial charge in [0, 0.05) is 49.9 Å². The van der Waals surface area contributed by atoms with Gasteiger partial charge in [0.25, 0.3) is 5.91 Å². The number of hydrogen-bond acceptors (Lipinski definition) is 5. The second-order valence-corrected chi connectivity index (χ2v) is 10.2. The van der Waals surface area contributed by atoms with Crippen molar-refractivity contribution < 1.29 is 9.59 Å². The van der Waals surface area contributed by atoms with Gasteiger partial charge in [-0.15, -0.1) is 11.8 Å². The van der Waals surface area contributed by atoms with Crippen LogP contribution in [-0.2, 0) is 11.3 Å². The third kappa shape index (κ3) is 6.51. The number of thioether (sulfide) groups is 1. The summed E-state index contributed by atoms with van der Waals surface area (Å²) in [6.45, 7) is 6.66. The first-order chi connectivity index (χ1) is 16.0. The molecule has 1 N–H and O–H groups in total. The molecule has 0 radical (unpaired) electrons. The summed E-state index contributed by atoms with van der Waals surface area (Å²) in [7, 11) is 2.16. The molecule has 33 heavy (non-hydrogen) atoms. The maximum absolute atomic E-state index is 12.5. The molecule has 0 unspecified atom stereocenters. The van der Waals surface area contributed by atoms with Crippen LogP contribution in [0.2, 0.25) is 5.02 Å². The Morgan fingerprint density at radius 2 is 1.76 bits per heavy atom. The third-order valence-corrected chi connectivity index (χ3v) is 7.73. The number of piperazine rings is 1. The smallest absolute Gasteiger partial charge is 0.251 e. The van der Waals surface area contributed by atoms with Crippen molar-refractivity contribution in [3.8, 4) is 0 Å². The molecule has 0 saturated carbocycles. The van der Waals surface area contributed by atoms with E-state index in [1.54, 1.807) is 11.8 Å². The number of rotatable bonds is 8. The highest BCUT2D eigenvalue weighted by Gasteiger charge is 2.32. The molecule has 2 aromatic rings. The number of benzene rings is 2. The average molecular weight is 487 g/mol. The Balaban J connectivity index is 1.28. The molecule has 0 spiro atoms. The van der Waals surface area contributed by atoms with Crippen LogP contribution in [0.3, 0.4) is 0 Å². The van der Waals surface area contributed by atoms with Crippen LogP contribution in [0, 0.1) is 0 Å². The molecule has 0 bridgehead atoms. The van der Waals surface area contributed by atoms with Crippen LogP contribution in [0.15, 0.2) is 48.5 Å². The van der Waals surface area contributed by atoms with Gasteiger partial charge in [-0.1, -0.05) is 35.9 Å². The van der Waals surface area contributed by atoms with E-state index in [0.29, 0.717) is 29.4 Å². The number of likely N-dealkylation sites (N-methyl/N-ethyl adjacent to an activating group) is 1. The number of carbonyl (C=O) groups is 2. The number of amides is 2. The molecule has 0 aromatic heterocycles. The van der Waals surface area contributed by atoms with Crippen molar-refractivity contribution in [2.75, 3.05) is 52.1 Å². The number of nitrogens with one attached hydrogen (secondary N) is 1. The van der Waals surface area contributed by atoms with Gasteiger partial charge in [0.2, 0.25) is 5.91 Å². The second-order valence-electron chi connectivity index (χ2n) is 8.69. The lowest BCUT2D eigenvalue weighted by molar-refractivity contribution is -0.128. The van der Waals surface area contributed by atoms with Gasteiger partial charge >= 0.3 is 0 Å². The maximum atomic E-state index is 12.5. The van der Waals surface area contributed by atoms with Gasteiger partial charge in [-0.2, -0.15) is 0 Å². The van der Waals surface area contributed by atoms with Gasteiger partial charge in [-0.05, 0) is 55.4 Å². The molecular formula is C25H31ClN4O2S. The first kappa shape index (κ1) is 24.1. The highest BCUT2D eigenvalue weighted by atomic mass is 35.5. The Morgan fingerprint density at radius 1 is 1.06 bits per heavy atom. The highest BCUT2D eigenvalue weighted by Crippen LogP contribution is 2.39. The molecule has 2 aliphatic rings. The van der Waals surface area contributed by atoms with Crippen molar-refractivity contribution in [3.05, 3.63) is 70.2 Å². The summed E-state index contributed by atoms with van der Waals surface area (Å²) < 4.78 is 0. The molecule has 176 valence electrons. The summed E-state index contributed by atoms with van der Waals surface area (Å²) in [6.07, 6.45) is 0.952. The summed E-state index contributed by atoms with van der Waals surface area (Å²) in [5, 5.41) is 3.67. The summed E-state index contributed by atoms with van der Waals surface area (Å²) in [6, 6.07) is 15.2. The van der Waals surface area contributed by atoms with Crippen LogP contribution < -0.4 is 5.32 Å². The van der Waals surface area contributed by atoms with Crippen molar-refractivity contribution in [2.24, 2.45) is 0 Å². The van der Waals surface area contributed by atoms with Gasteiger partial charge < -0.3 is 20.0 Å². The van der Waals surface area contributed by atoms with Gasteiger partial charge in [-0.3, -0.25) is 9.59 Å².